The molecule has 0 bridgehead atoms. The molecule has 0 spiro atoms. The fourth-order valence-electron chi connectivity index (χ4n) is 0.912. The molecule has 0 saturated carbocycles. The first-order valence-electron chi connectivity index (χ1n) is 4.14. The predicted molar refractivity (Wildman–Crippen MR) is 48.8 cm³/mol. The Morgan fingerprint density at radius 1 is 1.53 bits per heavy atom. The van der Waals surface area contributed by atoms with Gasteiger partial charge in [-0.2, -0.15) is 13.2 Å². The monoisotopic (exact) mass is 247 g/mol. The van der Waals surface area contributed by atoms with Crippen molar-refractivity contribution in [2.24, 2.45) is 5.73 Å². The van der Waals surface area contributed by atoms with Crippen molar-refractivity contribution in [2.75, 3.05) is 11.5 Å². The van der Waals surface area contributed by atoms with Crippen LogP contribution in [0.25, 0.3) is 0 Å². The molecule has 2 unspecified atom stereocenters. The van der Waals surface area contributed by atoms with E-state index in [1.54, 1.807) is 0 Å². The lowest BCUT2D eigenvalue weighted by molar-refractivity contribution is -0.192. The Bertz CT molecular complexity index is 204. The molecular weight excluding hydrogens is 235 g/mol. The van der Waals surface area contributed by atoms with Crippen LogP contribution in [0.1, 0.15) is 12.8 Å². The summed E-state index contributed by atoms with van der Waals surface area (Å²) in [6.45, 7) is 0. The van der Waals surface area contributed by atoms with Gasteiger partial charge in [0.2, 0.25) is 0 Å². The zero-order valence-corrected chi connectivity index (χ0v) is 8.61. The van der Waals surface area contributed by atoms with E-state index in [2.05, 4.69) is 0 Å². The number of halogens is 3. The smallest absolute Gasteiger partial charge is 0.490 e. The lowest BCUT2D eigenvalue weighted by Gasteiger charge is -2.20. The maximum absolute atomic E-state index is 10.7. The second-order valence-corrected chi connectivity index (χ2v) is 4.64. The van der Waals surface area contributed by atoms with Gasteiger partial charge in [0, 0.05) is 6.04 Å². The number of hydrogen-bond donors (Lipinski definition) is 2. The van der Waals surface area contributed by atoms with Crippen LogP contribution < -0.4 is 5.73 Å². The van der Waals surface area contributed by atoms with Crippen molar-refractivity contribution in [3.05, 3.63) is 0 Å². The Morgan fingerprint density at radius 2 is 2.00 bits per heavy atom. The highest BCUT2D eigenvalue weighted by atomic mass is 32.2. The lowest BCUT2D eigenvalue weighted by Crippen LogP contribution is -2.35. The highest BCUT2D eigenvalue weighted by Gasteiger charge is 2.38. The van der Waals surface area contributed by atoms with Gasteiger partial charge in [0.15, 0.2) is 0 Å². The summed E-state index contributed by atoms with van der Waals surface area (Å²) in [5.41, 5.74) is 5.53. The maximum atomic E-state index is 10.7. The zero-order valence-electron chi connectivity index (χ0n) is 7.79. The standard InChI is InChI=1S/C5H11NOS.C2HF3O2/c6-5-2-1-3-8(7)4-5;3-2(4,5)1(6)7/h5H,1-4,6H2;(H,6,7). The first-order chi connectivity index (χ1) is 6.73. The summed E-state index contributed by atoms with van der Waals surface area (Å²) in [5.74, 6) is -1.17. The molecule has 0 radical (unpaired) electrons. The summed E-state index contributed by atoms with van der Waals surface area (Å²) in [6, 6.07) is 0.213. The Kier molecular flexibility index (Phi) is 5.99. The molecule has 0 aromatic heterocycles. The zero-order chi connectivity index (χ0) is 12.1. The van der Waals surface area contributed by atoms with E-state index < -0.39 is 23.3 Å². The van der Waals surface area contributed by atoms with Gasteiger partial charge in [0.1, 0.15) is 11.5 Å². The van der Waals surface area contributed by atoms with E-state index in [0.29, 0.717) is 0 Å². The van der Waals surface area contributed by atoms with Crippen LogP contribution in [-0.2, 0) is 16.0 Å². The number of carboxylic acids is 1. The molecule has 3 N–H and O–H groups in total. The summed E-state index contributed by atoms with van der Waals surface area (Å²) in [4.78, 5) is 8.90. The Labute approximate surface area is 87.8 Å². The molecule has 1 aliphatic rings. The summed E-state index contributed by atoms with van der Waals surface area (Å²) in [7, 11) is 0. The van der Waals surface area contributed by atoms with Gasteiger partial charge >= 0.3 is 12.1 Å². The summed E-state index contributed by atoms with van der Waals surface area (Å²) >= 11 is -0.595. The second-order valence-electron chi connectivity index (χ2n) is 3.02. The minimum atomic E-state index is -5.08. The first-order valence-corrected chi connectivity index (χ1v) is 5.63. The van der Waals surface area contributed by atoms with Crippen LogP contribution in [0.15, 0.2) is 0 Å². The van der Waals surface area contributed by atoms with Crippen LogP contribution in [0, 0.1) is 0 Å². The molecule has 0 amide bonds. The third-order valence-corrected chi connectivity index (χ3v) is 3.13. The van der Waals surface area contributed by atoms with Crippen LogP contribution in [0.4, 0.5) is 13.2 Å². The molecule has 15 heavy (non-hydrogen) atoms. The molecule has 4 nitrogen and oxygen atoms in total. The fourth-order valence-corrected chi connectivity index (χ4v) is 2.21. The molecule has 1 aliphatic heterocycles. The van der Waals surface area contributed by atoms with E-state index in [1.165, 1.54) is 0 Å². The van der Waals surface area contributed by atoms with Crippen molar-refractivity contribution in [3.8, 4) is 0 Å². The molecule has 1 heterocycles. The topological polar surface area (TPSA) is 86.4 Å². The number of aliphatic carboxylic acids is 1. The minimum Gasteiger partial charge on any atom is -0.616 e. The SMILES string of the molecule is NC1CCC[S+]([O-])C1.O=C(O)C(F)(F)F. The summed E-state index contributed by atoms with van der Waals surface area (Å²) in [6.07, 6.45) is -2.97. The van der Waals surface area contributed by atoms with Crippen LogP contribution in [-0.4, -0.2) is 39.4 Å². The van der Waals surface area contributed by atoms with Crippen LogP contribution in [0.2, 0.25) is 0 Å². The summed E-state index contributed by atoms with van der Waals surface area (Å²) < 4.78 is 42.4. The highest BCUT2D eigenvalue weighted by Crippen LogP contribution is 2.13. The van der Waals surface area contributed by atoms with Crippen molar-refractivity contribution >= 4 is 17.1 Å². The molecule has 0 aromatic carbocycles. The van der Waals surface area contributed by atoms with E-state index in [4.69, 9.17) is 15.6 Å². The molecule has 1 saturated heterocycles. The van der Waals surface area contributed by atoms with E-state index >= 15 is 0 Å². The van der Waals surface area contributed by atoms with Crippen LogP contribution >= 0.6 is 0 Å². The Balaban J connectivity index is 0.000000265. The van der Waals surface area contributed by atoms with Gasteiger partial charge in [-0.1, -0.05) is 11.2 Å². The Morgan fingerprint density at radius 3 is 2.20 bits per heavy atom. The third kappa shape index (κ3) is 7.46. The normalized spacial score (nSPS) is 26.5. The number of hydrogen-bond acceptors (Lipinski definition) is 3. The number of alkyl halides is 3. The molecule has 8 heteroatoms. The quantitative estimate of drug-likeness (QED) is 0.610. The fraction of sp³-hybridized carbons (Fsp3) is 0.857. The minimum absolute atomic E-state index is 0.213. The number of nitrogens with two attached hydrogens (primary N) is 1. The highest BCUT2D eigenvalue weighted by molar-refractivity contribution is 7.91. The van der Waals surface area contributed by atoms with E-state index in [9.17, 15) is 17.7 Å². The lowest BCUT2D eigenvalue weighted by atomic mass is 10.2. The van der Waals surface area contributed by atoms with Crippen LogP contribution in [0.3, 0.4) is 0 Å². The predicted octanol–water partition coefficient (Wildman–Crippen LogP) is 0.489. The van der Waals surface area contributed by atoms with E-state index in [-0.39, 0.29) is 6.04 Å². The number of carboxylic acid groups (broad SMARTS) is 1. The van der Waals surface area contributed by atoms with Crippen molar-refractivity contribution in [1.29, 1.82) is 0 Å². The molecule has 0 aromatic rings. The van der Waals surface area contributed by atoms with Gasteiger partial charge in [-0.25, -0.2) is 4.79 Å². The number of carbonyl (C=O) groups is 1. The largest absolute Gasteiger partial charge is 0.616 e. The molecule has 0 aliphatic carbocycles. The van der Waals surface area contributed by atoms with Gasteiger partial charge in [-0.3, -0.25) is 0 Å². The van der Waals surface area contributed by atoms with Gasteiger partial charge in [-0.15, -0.1) is 0 Å². The average Bonchev–Trinajstić information content (AvgIpc) is 2.02. The molecule has 2 atom stereocenters. The number of rotatable bonds is 0. The molecule has 90 valence electrons. The van der Waals surface area contributed by atoms with Crippen molar-refractivity contribution in [3.63, 3.8) is 0 Å². The average molecular weight is 247 g/mol. The van der Waals surface area contributed by atoms with Gasteiger partial charge in [-0.05, 0) is 12.8 Å². The molecular formula is C7H12F3NO3S. The first kappa shape index (κ1) is 14.5. The van der Waals surface area contributed by atoms with Gasteiger partial charge < -0.3 is 15.4 Å². The van der Waals surface area contributed by atoms with E-state index in [0.717, 1.165) is 24.3 Å². The third-order valence-electron chi connectivity index (χ3n) is 1.59. The van der Waals surface area contributed by atoms with Gasteiger partial charge in [0.25, 0.3) is 0 Å². The molecule has 1 fully saturated rings. The maximum Gasteiger partial charge on any atom is 0.490 e. The van der Waals surface area contributed by atoms with Crippen molar-refractivity contribution in [2.45, 2.75) is 25.1 Å². The van der Waals surface area contributed by atoms with Gasteiger partial charge in [0.05, 0.1) is 0 Å². The van der Waals surface area contributed by atoms with Crippen LogP contribution in [0.5, 0.6) is 0 Å². The second kappa shape index (κ2) is 6.19. The Hall–Kier alpha value is -0.470. The van der Waals surface area contributed by atoms with Crippen molar-refractivity contribution < 1.29 is 27.6 Å². The van der Waals surface area contributed by atoms with Crippen molar-refractivity contribution in [1.82, 2.24) is 0 Å². The molecule has 1 rings (SSSR count). The summed E-state index contributed by atoms with van der Waals surface area (Å²) in [5, 5.41) is 7.12. The van der Waals surface area contributed by atoms with E-state index in [1.807, 2.05) is 0 Å².